The number of ether oxygens (including phenoxy) is 1. The quantitative estimate of drug-likeness (QED) is 0.737. The minimum atomic E-state index is 0.0135. The molecule has 1 atom stereocenters. The minimum absolute atomic E-state index is 0.0135. The molecule has 20 heavy (non-hydrogen) atoms. The van der Waals surface area contributed by atoms with Crippen LogP contribution in [-0.2, 0) is 0 Å². The molecule has 0 bridgehead atoms. The highest BCUT2D eigenvalue weighted by atomic mass is 32.2. The summed E-state index contributed by atoms with van der Waals surface area (Å²) in [6.07, 6.45) is 0. The summed E-state index contributed by atoms with van der Waals surface area (Å²) in [6.45, 7) is 0.980. The Balaban J connectivity index is 0.000000956. The van der Waals surface area contributed by atoms with Gasteiger partial charge in [0.05, 0.1) is 23.9 Å². The Bertz CT molecular complexity index is 461. The van der Waals surface area contributed by atoms with Crippen LogP contribution in [0.2, 0.25) is 0 Å². The van der Waals surface area contributed by atoms with E-state index < -0.39 is 0 Å². The molecule has 0 saturated carbocycles. The first-order valence-corrected chi connectivity index (χ1v) is 7.39. The monoisotopic (exact) mass is 294 g/mol. The Morgan fingerprint density at radius 2 is 1.90 bits per heavy atom. The third-order valence-electron chi connectivity index (χ3n) is 3.02. The van der Waals surface area contributed by atoms with E-state index >= 15 is 0 Å². The van der Waals surface area contributed by atoms with E-state index in [9.17, 15) is 0 Å². The lowest BCUT2D eigenvalue weighted by Gasteiger charge is -2.19. The van der Waals surface area contributed by atoms with Crippen LogP contribution in [0.1, 0.15) is 5.56 Å². The van der Waals surface area contributed by atoms with Gasteiger partial charge in [0.1, 0.15) is 5.75 Å². The lowest BCUT2D eigenvalue weighted by molar-refractivity contribution is 0.403. The van der Waals surface area contributed by atoms with Gasteiger partial charge in [-0.2, -0.15) is 0 Å². The SMILES string of the molecule is CN.COc1ccc(C(=N)C(=N)C2SCCN2C)cc1. The van der Waals surface area contributed by atoms with E-state index in [0.29, 0.717) is 11.4 Å². The lowest BCUT2D eigenvalue weighted by atomic mass is 10.1. The van der Waals surface area contributed by atoms with Gasteiger partial charge in [-0.25, -0.2) is 0 Å². The summed E-state index contributed by atoms with van der Waals surface area (Å²) >= 11 is 1.73. The Kier molecular flexibility index (Phi) is 6.70. The van der Waals surface area contributed by atoms with E-state index in [1.165, 1.54) is 7.05 Å². The largest absolute Gasteiger partial charge is 0.497 e. The zero-order chi connectivity index (χ0) is 15.1. The predicted molar refractivity (Wildman–Crippen MR) is 86.5 cm³/mol. The second kappa shape index (κ2) is 8.04. The first kappa shape index (κ1) is 16.7. The summed E-state index contributed by atoms with van der Waals surface area (Å²) in [5, 5.41) is 16.3. The zero-order valence-corrected chi connectivity index (χ0v) is 13.0. The van der Waals surface area contributed by atoms with Crippen LogP contribution in [0.5, 0.6) is 5.75 Å². The summed E-state index contributed by atoms with van der Waals surface area (Å²) in [5.41, 5.74) is 5.94. The van der Waals surface area contributed by atoms with Crippen LogP contribution in [0.3, 0.4) is 0 Å². The first-order valence-electron chi connectivity index (χ1n) is 6.35. The van der Waals surface area contributed by atoms with Crippen molar-refractivity contribution in [1.82, 2.24) is 4.90 Å². The molecule has 1 saturated heterocycles. The fraction of sp³-hybridized carbons (Fsp3) is 0.429. The number of thioether (sulfide) groups is 1. The standard InChI is InChI=1S/C13H17N3OS.CH5N/c1-16-7-8-18-13(16)12(15)11(14)9-3-5-10(17-2)6-4-9;1-2/h3-6,13-15H,7-8H2,1-2H3;2H2,1H3. The van der Waals surface area contributed by atoms with Crippen molar-refractivity contribution in [2.75, 3.05) is 33.5 Å². The second-order valence-electron chi connectivity index (χ2n) is 4.22. The zero-order valence-electron chi connectivity index (χ0n) is 12.1. The van der Waals surface area contributed by atoms with Crippen molar-refractivity contribution in [2.24, 2.45) is 5.73 Å². The summed E-state index contributed by atoms with van der Waals surface area (Å²) in [7, 11) is 5.12. The number of hydrogen-bond acceptors (Lipinski definition) is 6. The Hall–Kier alpha value is -1.37. The van der Waals surface area contributed by atoms with E-state index in [1.54, 1.807) is 18.9 Å². The van der Waals surface area contributed by atoms with Crippen LogP contribution in [0.15, 0.2) is 24.3 Å². The topological polar surface area (TPSA) is 86.2 Å². The Labute approximate surface area is 124 Å². The van der Waals surface area contributed by atoms with E-state index in [0.717, 1.165) is 23.6 Å². The molecule has 1 aromatic rings. The number of benzene rings is 1. The van der Waals surface area contributed by atoms with Crippen LogP contribution in [0, 0.1) is 10.8 Å². The number of nitrogens with one attached hydrogen (secondary N) is 2. The Morgan fingerprint density at radius 1 is 1.30 bits per heavy atom. The predicted octanol–water partition coefficient (Wildman–Crippen LogP) is 1.66. The van der Waals surface area contributed by atoms with E-state index in [-0.39, 0.29) is 5.37 Å². The molecule has 0 amide bonds. The summed E-state index contributed by atoms with van der Waals surface area (Å²) in [4.78, 5) is 2.12. The highest BCUT2D eigenvalue weighted by Gasteiger charge is 2.28. The van der Waals surface area contributed by atoms with Gasteiger partial charge in [0, 0.05) is 17.9 Å². The molecule has 1 aromatic carbocycles. The minimum Gasteiger partial charge on any atom is -0.497 e. The number of hydrogen-bond donors (Lipinski definition) is 3. The lowest BCUT2D eigenvalue weighted by Crippen LogP contribution is -2.35. The molecular formula is C14H22N4OS. The summed E-state index contributed by atoms with van der Waals surface area (Å²) in [5.74, 6) is 1.80. The molecule has 1 aliphatic rings. The van der Waals surface area contributed by atoms with Crippen molar-refractivity contribution < 1.29 is 4.74 Å². The number of nitrogens with zero attached hydrogens (tertiary/aromatic N) is 1. The third kappa shape index (κ3) is 3.82. The molecule has 6 heteroatoms. The molecule has 2 rings (SSSR count). The van der Waals surface area contributed by atoms with Gasteiger partial charge in [-0.05, 0) is 38.4 Å². The molecular weight excluding hydrogens is 272 g/mol. The van der Waals surface area contributed by atoms with Gasteiger partial charge in [0.15, 0.2) is 0 Å². The Morgan fingerprint density at radius 3 is 2.35 bits per heavy atom. The second-order valence-corrected chi connectivity index (χ2v) is 5.41. The van der Waals surface area contributed by atoms with Gasteiger partial charge in [-0.1, -0.05) is 0 Å². The maximum atomic E-state index is 8.14. The molecule has 4 N–H and O–H groups in total. The number of nitrogens with two attached hydrogens (primary N) is 1. The molecule has 1 heterocycles. The smallest absolute Gasteiger partial charge is 0.118 e. The molecule has 0 aromatic heterocycles. The van der Waals surface area contributed by atoms with Gasteiger partial charge in [0.2, 0.25) is 0 Å². The fourth-order valence-corrected chi connectivity index (χ4v) is 3.15. The molecule has 110 valence electrons. The van der Waals surface area contributed by atoms with Gasteiger partial charge < -0.3 is 15.9 Å². The number of methoxy groups -OCH3 is 1. The van der Waals surface area contributed by atoms with Crippen molar-refractivity contribution in [3.8, 4) is 5.75 Å². The van der Waals surface area contributed by atoms with Crippen LogP contribution in [0.25, 0.3) is 0 Å². The van der Waals surface area contributed by atoms with Crippen molar-refractivity contribution in [3.63, 3.8) is 0 Å². The summed E-state index contributed by atoms with van der Waals surface area (Å²) in [6, 6.07) is 7.30. The molecule has 1 aliphatic heterocycles. The molecule has 1 unspecified atom stereocenters. The molecule has 0 radical (unpaired) electrons. The van der Waals surface area contributed by atoms with Crippen LogP contribution in [-0.4, -0.2) is 55.2 Å². The van der Waals surface area contributed by atoms with Gasteiger partial charge in [-0.3, -0.25) is 10.3 Å². The van der Waals surface area contributed by atoms with Crippen LogP contribution < -0.4 is 10.5 Å². The van der Waals surface area contributed by atoms with Gasteiger partial charge in [0.25, 0.3) is 0 Å². The number of rotatable bonds is 4. The van der Waals surface area contributed by atoms with Gasteiger partial charge >= 0.3 is 0 Å². The van der Waals surface area contributed by atoms with E-state index in [2.05, 4.69) is 10.6 Å². The van der Waals surface area contributed by atoms with E-state index in [4.69, 9.17) is 15.6 Å². The van der Waals surface area contributed by atoms with Crippen molar-refractivity contribution in [1.29, 1.82) is 10.8 Å². The molecule has 5 nitrogen and oxygen atoms in total. The van der Waals surface area contributed by atoms with E-state index in [1.807, 2.05) is 31.3 Å². The normalized spacial score (nSPS) is 18.1. The van der Waals surface area contributed by atoms with Crippen molar-refractivity contribution in [2.45, 2.75) is 5.37 Å². The molecule has 1 fully saturated rings. The average molecular weight is 294 g/mol. The van der Waals surface area contributed by atoms with Crippen molar-refractivity contribution in [3.05, 3.63) is 29.8 Å². The highest BCUT2D eigenvalue weighted by molar-refractivity contribution is 8.00. The first-order chi connectivity index (χ1) is 9.63. The van der Waals surface area contributed by atoms with Crippen LogP contribution in [0.4, 0.5) is 0 Å². The van der Waals surface area contributed by atoms with Crippen LogP contribution >= 0.6 is 11.8 Å². The maximum absolute atomic E-state index is 8.14. The van der Waals surface area contributed by atoms with Crippen molar-refractivity contribution >= 4 is 23.2 Å². The van der Waals surface area contributed by atoms with Gasteiger partial charge in [-0.15, -0.1) is 11.8 Å². The fourth-order valence-electron chi connectivity index (χ4n) is 1.89. The molecule has 0 aliphatic carbocycles. The summed E-state index contributed by atoms with van der Waals surface area (Å²) < 4.78 is 5.09. The maximum Gasteiger partial charge on any atom is 0.118 e. The average Bonchev–Trinajstić information content (AvgIpc) is 2.94. The highest BCUT2D eigenvalue weighted by Crippen LogP contribution is 2.24. The molecule has 0 spiro atoms. The third-order valence-corrected chi connectivity index (χ3v) is 4.34.